The highest BCUT2D eigenvalue weighted by Gasteiger charge is 2.13. The van der Waals surface area contributed by atoms with Gasteiger partial charge in [-0.2, -0.15) is 0 Å². The maximum atomic E-state index is 5.72. The topological polar surface area (TPSA) is 41.7 Å². The van der Waals surface area contributed by atoms with Crippen LogP contribution < -0.4 is 4.74 Å². The average Bonchev–Trinajstić information content (AvgIpc) is 3.15. The summed E-state index contributed by atoms with van der Waals surface area (Å²) in [6, 6.07) is 18.3. The first-order valence-corrected chi connectivity index (χ1v) is 9.14. The van der Waals surface area contributed by atoms with E-state index in [4.69, 9.17) is 9.15 Å². The van der Waals surface area contributed by atoms with E-state index in [1.54, 1.807) is 13.4 Å². The molecule has 0 saturated heterocycles. The molecule has 0 aliphatic carbocycles. The molecule has 0 bridgehead atoms. The van der Waals surface area contributed by atoms with Crippen molar-refractivity contribution in [1.82, 2.24) is 14.8 Å². The number of nitrogens with zero attached hydrogens (tertiary/aromatic N) is 3. The van der Waals surface area contributed by atoms with Gasteiger partial charge in [-0.3, -0.25) is 4.90 Å². The molecule has 3 rings (SSSR count). The van der Waals surface area contributed by atoms with Gasteiger partial charge < -0.3 is 14.1 Å². The van der Waals surface area contributed by atoms with Crippen molar-refractivity contribution in [3.8, 4) is 17.2 Å². The van der Waals surface area contributed by atoms with Crippen molar-refractivity contribution in [2.45, 2.75) is 13.1 Å². The van der Waals surface area contributed by atoms with Gasteiger partial charge in [0.05, 0.1) is 12.8 Å². The van der Waals surface area contributed by atoms with Crippen molar-refractivity contribution in [2.24, 2.45) is 0 Å². The number of hydrogen-bond donors (Lipinski definition) is 0. The smallest absolute Gasteiger partial charge is 0.226 e. The highest BCUT2D eigenvalue weighted by atomic mass is 16.5. The van der Waals surface area contributed by atoms with E-state index < -0.39 is 0 Å². The summed E-state index contributed by atoms with van der Waals surface area (Å²) in [6.07, 6.45) is 1.75. The van der Waals surface area contributed by atoms with E-state index in [2.05, 4.69) is 53.1 Å². The van der Waals surface area contributed by atoms with E-state index in [1.165, 1.54) is 5.56 Å². The summed E-state index contributed by atoms with van der Waals surface area (Å²) in [4.78, 5) is 9.28. The molecule has 27 heavy (non-hydrogen) atoms. The molecule has 142 valence electrons. The zero-order valence-corrected chi connectivity index (χ0v) is 16.3. The van der Waals surface area contributed by atoms with E-state index in [0.717, 1.165) is 43.2 Å². The van der Waals surface area contributed by atoms with Crippen molar-refractivity contribution in [2.75, 3.05) is 34.3 Å². The summed E-state index contributed by atoms with van der Waals surface area (Å²) in [5.74, 6) is 1.42. The molecule has 0 saturated carbocycles. The van der Waals surface area contributed by atoms with Gasteiger partial charge in [-0.1, -0.05) is 36.4 Å². The Balaban J connectivity index is 1.72. The van der Waals surface area contributed by atoms with Crippen LogP contribution >= 0.6 is 0 Å². The van der Waals surface area contributed by atoms with Crippen LogP contribution in [0.4, 0.5) is 0 Å². The summed E-state index contributed by atoms with van der Waals surface area (Å²) >= 11 is 0. The fourth-order valence-corrected chi connectivity index (χ4v) is 2.89. The fourth-order valence-electron chi connectivity index (χ4n) is 2.89. The van der Waals surface area contributed by atoms with Gasteiger partial charge in [-0.25, -0.2) is 4.98 Å². The second-order valence-corrected chi connectivity index (χ2v) is 6.88. The van der Waals surface area contributed by atoms with Crippen molar-refractivity contribution in [3.63, 3.8) is 0 Å². The monoisotopic (exact) mass is 365 g/mol. The highest BCUT2D eigenvalue weighted by Crippen LogP contribution is 2.23. The average molecular weight is 365 g/mol. The lowest BCUT2D eigenvalue weighted by molar-refractivity contribution is 0.224. The Morgan fingerprint density at radius 3 is 2.52 bits per heavy atom. The molecule has 0 atom stereocenters. The van der Waals surface area contributed by atoms with Crippen LogP contribution in [0.15, 0.2) is 65.3 Å². The maximum Gasteiger partial charge on any atom is 0.226 e. The third-order valence-corrected chi connectivity index (χ3v) is 4.37. The van der Waals surface area contributed by atoms with Gasteiger partial charge >= 0.3 is 0 Å². The van der Waals surface area contributed by atoms with Crippen molar-refractivity contribution < 1.29 is 9.15 Å². The van der Waals surface area contributed by atoms with Crippen LogP contribution in [0.5, 0.6) is 5.75 Å². The van der Waals surface area contributed by atoms with Crippen LogP contribution in [0.1, 0.15) is 11.3 Å². The van der Waals surface area contributed by atoms with Crippen LogP contribution in [0.3, 0.4) is 0 Å². The van der Waals surface area contributed by atoms with Crippen molar-refractivity contribution in [1.29, 1.82) is 0 Å². The molecule has 3 aromatic rings. The molecule has 5 nitrogen and oxygen atoms in total. The van der Waals surface area contributed by atoms with Crippen LogP contribution in [0, 0.1) is 0 Å². The Bertz CT molecular complexity index is 830. The van der Waals surface area contributed by atoms with E-state index in [-0.39, 0.29) is 0 Å². The highest BCUT2D eigenvalue weighted by molar-refractivity contribution is 5.55. The molecule has 0 aliphatic rings. The Morgan fingerprint density at radius 1 is 0.963 bits per heavy atom. The lowest BCUT2D eigenvalue weighted by Gasteiger charge is -2.23. The van der Waals surface area contributed by atoms with Gasteiger partial charge in [0.15, 0.2) is 0 Å². The Kier molecular flexibility index (Phi) is 6.63. The van der Waals surface area contributed by atoms with Gasteiger partial charge in [-0.15, -0.1) is 0 Å². The van der Waals surface area contributed by atoms with Gasteiger partial charge in [-0.05, 0) is 37.9 Å². The predicted octanol–water partition coefficient (Wildman–Crippen LogP) is 3.91. The SMILES string of the molecule is COc1cccc(-c2nc(CN(CCN(C)C)Cc3ccccc3)co2)c1. The van der Waals surface area contributed by atoms with Gasteiger partial charge in [0.1, 0.15) is 12.0 Å². The predicted molar refractivity (Wildman–Crippen MR) is 108 cm³/mol. The maximum absolute atomic E-state index is 5.72. The largest absolute Gasteiger partial charge is 0.497 e. The van der Waals surface area contributed by atoms with Crippen LogP contribution in [-0.2, 0) is 13.1 Å². The van der Waals surface area contributed by atoms with Crippen LogP contribution in [0.2, 0.25) is 0 Å². The van der Waals surface area contributed by atoms with Gasteiger partial charge in [0.2, 0.25) is 5.89 Å². The summed E-state index contributed by atoms with van der Waals surface area (Å²) in [5.41, 5.74) is 3.15. The number of benzene rings is 2. The molecule has 0 spiro atoms. The molecular weight excluding hydrogens is 338 g/mol. The Hall–Kier alpha value is -2.63. The number of rotatable bonds is 9. The van der Waals surface area contributed by atoms with E-state index in [1.807, 2.05) is 30.3 Å². The van der Waals surface area contributed by atoms with E-state index in [0.29, 0.717) is 5.89 Å². The minimum Gasteiger partial charge on any atom is -0.497 e. The summed E-state index contributed by atoms with van der Waals surface area (Å²) in [6.45, 7) is 3.59. The second kappa shape index (κ2) is 9.35. The Morgan fingerprint density at radius 2 is 1.78 bits per heavy atom. The first-order valence-electron chi connectivity index (χ1n) is 9.14. The third-order valence-electron chi connectivity index (χ3n) is 4.37. The minimum absolute atomic E-state index is 0.621. The molecule has 2 aromatic carbocycles. The normalized spacial score (nSPS) is 11.3. The quantitative estimate of drug-likeness (QED) is 0.575. The molecule has 0 fully saturated rings. The number of ether oxygens (including phenoxy) is 1. The molecule has 1 aromatic heterocycles. The van der Waals surface area contributed by atoms with Crippen LogP contribution in [-0.4, -0.2) is 49.1 Å². The third kappa shape index (κ3) is 5.67. The molecule has 0 amide bonds. The summed E-state index contributed by atoms with van der Waals surface area (Å²) in [7, 11) is 5.85. The van der Waals surface area contributed by atoms with Crippen molar-refractivity contribution in [3.05, 3.63) is 72.1 Å². The standard InChI is InChI=1S/C22H27N3O2/c1-24(2)12-13-25(15-18-8-5-4-6-9-18)16-20-17-27-22(23-20)19-10-7-11-21(14-19)26-3/h4-11,14,17H,12-13,15-16H2,1-3H3. The molecule has 0 unspecified atom stereocenters. The molecule has 0 N–H and O–H groups in total. The van der Waals surface area contributed by atoms with E-state index in [9.17, 15) is 0 Å². The molecule has 5 heteroatoms. The summed E-state index contributed by atoms with van der Waals surface area (Å²) in [5, 5.41) is 0. The Labute approximate surface area is 161 Å². The second-order valence-electron chi connectivity index (χ2n) is 6.88. The fraction of sp³-hybridized carbons (Fsp3) is 0.318. The van der Waals surface area contributed by atoms with Crippen molar-refractivity contribution >= 4 is 0 Å². The zero-order chi connectivity index (χ0) is 19.1. The van der Waals surface area contributed by atoms with E-state index >= 15 is 0 Å². The number of aromatic nitrogens is 1. The van der Waals surface area contributed by atoms with Gasteiger partial charge in [0.25, 0.3) is 0 Å². The number of oxazole rings is 1. The number of likely N-dealkylation sites (N-methyl/N-ethyl adjacent to an activating group) is 1. The van der Waals surface area contributed by atoms with Crippen LogP contribution in [0.25, 0.3) is 11.5 Å². The molecule has 0 radical (unpaired) electrons. The lowest BCUT2D eigenvalue weighted by atomic mass is 10.2. The number of methoxy groups -OCH3 is 1. The lowest BCUT2D eigenvalue weighted by Crippen LogP contribution is -2.31. The summed E-state index contributed by atoms with van der Waals surface area (Å²) < 4.78 is 11.0. The molecule has 1 heterocycles. The number of hydrogen-bond acceptors (Lipinski definition) is 5. The van der Waals surface area contributed by atoms with Gasteiger partial charge in [0, 0.05) is 31.7 Å². The first-order chi connectivity index (χ1) is 13.1. The molecule has 0 aliphatic heterocycles. The minimum atomic E-state index is 0.621. The first kappa shape index (κ1) is 19.1. The molecular formula is C22H27N3O2. The zero-order valence-electron chi connectivity index (χ0n) is 16.3.